The third-order valence-corrected chi connectivity index (χ3v) is 3.09. The van der Waals surface area contributed by atoms with Crippen molar-refractivity contribution in [1.29, 1.82) is 0 Å². The van der Waals surface area contributed by atoms with Gasteiger partial charge in [-0.3, -0.25) is 0 Å². The standard InChI is InChI=1S/C14H18.2CH3.Zr/c1-9(2)12-6-5-11(4)13-7-10(3)8-14(12)13;;;/h5-6,8-9H,7H2,1-4H3;2*1H3;/q;2*-1;+2. The Balaban J connectivity index is 0. The first-order valence-corrected chi connectivity index (χ1v) is 5.39. The molecular formula is C16H24Zr. The summed E-state index contributed by atoms with van der Waals surface area (Å²) in [5.41, 5.74) is 7.49. The van der Waals surface area contributed by atoms with Crippen molar-refractivity contribution in [3.8, 4) is 0 Å². The third kappa shape index (κ3) is 3.65. The van der Waals surface area contributed by atoms with Gasteiger partial charge in [0, 0.05) is 0 Å². The Hall–Kier alpha value is -0.157. The van der Waals surface area contributed by atoms with Crippen LogP contribution in [0, 0.1) is 21.8 Å². The first-order valence-electron chi connectivity index (χ1n) is 5.39. The van der Waals surface area contributed by atoms with Crippen LogP contribution in [0.3, 0.4) is 0 Å². The summed E-state index contributed by atoms with van der Waals surface area (Å²) in [6.07, 6.45) is 3.51. The van der Waals surface area contributed by atoms with Crippen molar-refractivity contribution >= 4 is 6.08 Å². The van der Waals surface area contributed by atoms with Crippen molar-refractivity contribution in [2.75, 3.05) is 0 Å². The number of benzene rings is 1. The normalized spacial score (nSPS) is 11.9. The Labute approximate surface area is 127 Å². The minimum Gasteiger partial charge on any atom is -0.358 e. The van der Waals surface area contributed by atoms with Crippen molar-refractivity contribution in [3.63, 3.8) is 0 Å². The van der Waals surface area contributed by atoms with Gasteiger partial charge in [-0.15, -0.1) is 0 Å². The maximum absolute atomic E-state index is 2.36. The van der Waals surface area contributed by atoms with E-state index < -0.39 is 0 Å². The second-order valence-electron chi connectivity index (χ2n) is 4.69. The summed E-state index contributed by atoms with van der Waals surface area (Å²) < 4.78 is 0. The monoisotopic (exact) mass is 306 g/mol. The maximum Gasteiger partial charge on any atom is 2.00 e. The molecule has 1 aromatic carbocycles. The molecule has 0 saturated carbocycles. The molecule has 0 fully saturated rings. The van der Waals surface area contributed by atoms with Crippen molar-refractivity contribution in [3.05, 3.63) is 54.8 Å². The van der Waals surface area contributed by atoms with Crippen molar-refractivity contribution in [2.45, 2.75) is 40.0 Å². The second kappa shape index (κ2) is 7.32. The number of aryl methyl sites for hydroxylation is 1. The maximum atomic E-state index is 2.36. The Morgan fingerprint density at radius 1 is 1.06 bits per heavy atom. The molecule has 0 amide bonds. The summed E-state index contributed by atoms with van der Waals surface area (Å²) in [5, 5.41) is 0. The van der Waals surface area contributed by atoms with Crippen molar-refractivity contribution in [1.82, 2.24) is 0 Å². The average Bonchev–Trinajstić information content (AvgIpc) is 2.47. The molecule has 0 unspecified atom stereocenters. The fourth-order valence-electron chi connectivity index (χ4n) is 2.28. The second-order valence-corrected chi connectivity index (χ2v) is 4.69. The minimum atomic E-state index is 0. The van der Waals surface area contributed by atoms with Crippen LogP contribution in [0.2, 0.25) is 0 Å². The minimum absolute atomic E-state index is 0. The SMILES string of the molecule is CC1=Cc2c(C(C)C)ccc(C)c2C1.[CH3-].[CH3-].[Zr+2]. The van der Waals surface area contributed by atoms with E-state index in [4.69, 9.17) is 0 Å². The van der Waals surface area contributed by atoms with Gasteiger partial charge in [-0.05, 0) is 48.4 Å². The van der Waals surface area contributed by atoms with Crippen LogP contribution in [0.4, 0.5) is 0 Å². The zero-order valence-electron chi connectivity index (χ0n) is 12.0. The zero-order chi connectivity index (χ0) is 10.3. The predicted octanol–water partition coefficient (Wildman–Crippen LogP) is 4.98. The summed E-state index contributed by atoms with van der Waals surface area (Å²) >= 11 is 0. The summed E-state index contributed by atoms with van der Waals surface area (Å²) in [4.78, 5) is 0. The van der Waals surface area contributed by atoms with Gasteiger partial charge in [0.2, 0.25) is 0 Å². The molecule has 1 aliphatic rings. The van der Waals surface area contributed by atoms with E-state index in [1.807, 2.05) is 0 Å². The van der Waals surface area contributed by atoms with Gasteiger partial charge >= 0.3 is 26.2 Å². The number of hydrogen-bond acceptors (Lipinski definition) is 0. The van der Waals surface area contributed by atoms with Crippen molar-refractivity contribution < 1.29 is 26.2 Å². The molecule has 1 heteroatoms. The molecule has 0 aliphatic heterocycles. The van der Waals surface area contributed by atoms with Crippen LogP contribution < -0.4 is 0 Å². The molecule has 0 nitrogen and oxygen atoms in total. The molecule has 0 aromatic heterocycles. The van der Waals surface area contributed by atoms with E-state index >= 15 is 0 Å². The molecule has 0 bridgehead atoms. The van der Waals surface area contributed by atoms with E-state index in [9.17, 15) is 0 Å². The topological polar surface area (TPSA) is 0 Å². The summed E-state index contributed by atoms with van der Waals surface area (Å²) in [6.45, 7) is 8.98. The molecule has 0 radical (unpaired) electrons. The van der Waals surface area contributed by atoms with Gasteiger partial charge in [-0.2, -0.15) is 0 Å². The van der Waals surface area contributed by atoms with Gasteiger partial charge in [0.25, 0.3) is 0 Å². The van der Waals surface area contributed by atoms with E-state index in [0.717, 1.165) is 6.42 Å². The van der Waals surface area contributed by atoms with Gasteiger partial charge in [0.1, 0.15) is 0 Å². The molecule has 17 heavy (non-hydrogen) atoms. The largest absolute Gasteiger partial charge is 2.00 e. The van der Waals surface area contributed by atoms with E-state index in [1.54, 1.807) is 5.56 Å². The molecular weight excluding hydrogens is 283 g/mol. The Bertz CT molecular complexity index is 400. The van der Waals surface area contributed by atoms with Crippen LogP contribution in [0.15, 0.2) is 17.7 Å². The van der Waals surface area contributed by atoms with Crippen LogP contribution in [-0.4, -0.2) is 0 Å². The molecule has 0 atom stereocenters. The fraction of sp³-hybridized carbons (Fsp3) is 0.375. The zero-order valence-corrected chi connectivity index (χ0v) is 14.5. The van der Waals surface area contributed by atoms with E-state index in [0.29, 0.717) is 5.92 Å². The molecule has 0 N–H and O–H groups in total. The summed E-state index contributed by atoms with van der Waals surface area (Å²) in [7, 11) is 0. The van der Waals surface area contributed by atoms with Crippen molar-refractivity contribution in [2.24, 2.45) is 0 Å². The molecule has 1 aromatic rings. The predicted molar refractivity (Wildman–Crippen MR) is 75.5 cm³/mol. The molecule has 0 heterocycles. The third-order valence-electron chi connectivity index (χ3n) is 3.09. The number of fused-ring (bicyclic) bond motifs is 1. The number of rotatable bonds is 1. The van der Waals surface area contributed by atoms with Gasteiger partial charge in [-0.1, -0.05) is 37.6 Å². The average molecular weight is 308 g/mol. The van der Waals surface area contributed by atoms with Crippen LogP contribution in [0.1, 0.15) is 48.9 Å². The van der Waals surface area contributed by atoms with Gasteiger partial charge in [-0.25, -0.2) is 0 Å². The van der Waals surface area contributed by atoms with Crippen LogP contribution in [0.5, 0.6) is 0 Å². The van der Waals surface area contributed by atoms with E-state index in [-0.39, 0.29) is 41.1 Å². The first-order chi connectivity index (χ1) is 6.59. The van der Waals surface area contributed by atoms with Crippen LogP contribution in [0.25, 0.3) is 6.08 Å². The fourth-order valence-corrected chi connectivity index (χ4v) is 2.28. The molecule has 1 aliphatic carbocycles. The molecule has 0 saturated heterocycles. The van der Waals surface area contributed by atoms with Crippen LogP contribution >= 0.6 is 0 Å². The molecule has 0 spiro atoms. The Morgan fingerprint density at radius 3 is 2.18 bits per heavy atom. The van der Waals surface area contributed by atoms with Gasteiger partial charge in [0.05, 0.1) is 0 Å². The van der Waals surface area contributed by atoms with Gasteiger partial charge < -0.3 is 14.9 Å². The number of allylic oxidation sites excluding steroid dienone is 1. The summed E-state index contributed by atoms with van der Waals surface area (Å²) in [6, 6.07) is 4.55. The van der Waals surface area contributed by atoms with Gasteiger partial charge in [0.15, 0.2) is 0 Å². The van der Waals surface area contributed by atoms with E-state index in [2.05, 4.69) is 45.9 Å². The molecule has 92 valence electrons. The van der Waals surface area contributed by atoms with E-state index in [1.165, 1.54) is 22.3 Å². The summed E-state index contributed by atoms with van der Waals surface area (Å²) in [5.74, 6) is 0.631. The quantitative estimate of drug-likeness (QED) is 0.642. The Kier molecular flexibility index (Phi) is 8.26. The molecule has 2 rings (SSSR count). The smallest absolute Gasteiger partial charge is 0.358 e. The Morgan fingerprint density at radius 2 is 1.65 bits per heavy atom. The number of hydrogen-bond donors (Lipinski definition) is 0. The first kappa shape index (κ1) is 19.2. The van der Waals surface area contributed by atoms with Crippen LogP contribution in [-0.2, 0) is 32.6 Å².